The Labute approximate surface area is 263 Å². The fraction of sp³-hybridized carbons (Fsp3) is 0.515. The number of amides is 1. The fourth-order valence-electron chi connectivity index (χ4n) is 6.63. The zero-order valence-electron chi connectivity index (χ0n) is 25.7. The van der Waals surface area contributed by atoms with Crippen LogP contribution in [-0.2, 0) is 30.7 Å². The smallest absolute Gasteiger partial charge is 0.407 e. The molecule has 4 unspecified atom stereocenters. The molecule has 2 aliphatic heterocycles. The minimum atomic E-state index is -4.00. The summed E-state index contributed by atoms with van der Waals surface area (Å²) < 4.78 is 52.4. The zero-order valence-corrected chi connectivity index (χ0v) is 26.6. The summed E-state index contributed by atoms with van der Waals surface area (Å²) in [4.78, 5) is 17.5. The Bertz CT molecular complexity index is 1550. The Morgan fingerprint density at radius 1 is 1.09 bits per heavy atom. The van der Waals surface area contributed by atoms with Gasteiger partial charge in [-0.25, -0.2) is 18.2 Å². The van der Waals surface area contributed by atoms with Crippen molar-refractivity contribution in [3.8, 4) is 11.3 Å². The molecule has 45 heavy (non-hydrogen) atoms. The van der Waals surface area contributed by atoms with Crippen LogP contribution in [0.4, 0.5) is 4.79 Å². The Hall–Kier alpha value is -3.29. The summed E-state index contributed by atoms with van der Waals surface area (Å²) in [5.74, 6) is 1.43. The number of aromatic nitrogens is 1. The number of carbonyl (C=O) groups is 1. The molecule has 11 nitrogen and oxygen atoms in total. The first kappa shape index (κ1) is 31.7. The number of hydrogen-bond donors (Lipinski definition) is 2. The molecule has 1 aromatic heterocycles. The van der Waals surface area contributed by atoms with Crippen molar-refractivity contribution in [1.82, 2.24) is 14.6 Å². The maximum Gasteiger partial charge on any atom is 0.407 e. The van der Waals surface area contributed by atoms with Crippen LogP contribution in [0.25, 0.3) is 11.3 Å². The molecule has 2 saturated heterocycles. The lowest BCUT2D eigenvalue weighted by Gasteiger charge is -2.37. The fourth-order valence-corrected chi connectivity index (χ4v) is 8.25. The van der Waals surface area contributed by atoms with E-state index in [2.05, 4.69) is 10.3 Å². The zero-order chi connectivity index (χ0) is 31.7. The van der Waals surface area contributed by atoms with Crippen molar-refractivity contribution in [3.05, 3.63) is 72.2 Å². The number of nitrogens with one attached hydrogen (secondary N) is 1. The normalized spacial score (nSPS) is 25.4. The number of oxazole rings is 1. The van der Waals surface area contributed by atoms with Gasteiger partial charge in [0.1, 0.15) is 6.10 Å². The number of benzene rings is 2. The second-order valence-corrected chi connectivity index (χ2v) is 14.7. The van der Waals surface area contributed by atoms with Crippen molar-refractivity contribution in [2.45, 2.75) is 75.6 Å². The average molecular weight is 640 g/mol. The van der Waals surface area contributed by atoms with Crippen molar-refractivity contribution in [1.29, 1.82) is 0 Å². The van der Waals surface area contributed by atoms with E-state index in [9.17, 15) is 18.3 Å². The molecular weight excluding hydrogens is 598 g/mol. The second-order valence-electron chi connectivity index (χ2n) is 12.7. The van der Waals surface area contributed by atoms with Crippen LogP contribution in [0.5, 0.6) is 0 Å². The molecule has 2 N–H and O–H groups in total. The minimum Gasteiger partial charge on any atom is -0.443 e. The Morgan fingerprint density at radius 2 is 1.84 bits per heavy atom. The Morgan fingerprint density at radius 3 is 2.53 bits per heavy atom. The Kier molecular flexibility index (Phi) is 9.30. The summed E-state index contributed by atoms with van der Waals surface area (Å²) in [6, 6.07) is 15.0. The van der Waals surface area contributed by atoms with Gasteiger partial charge in [0, 0.05) is 37.4 Å². The molecule has 6 rings (SSSR count). The van der Waals surface area contributed by atoms with E-state index in [0.717, 1.165) is 18.4 Å². The van der Waals surface area contributed by atoms with Crippen molar-refractivity contribution >= 4 is 16.1 Å². The maximum absolute atomic E-state index is 13.9. The van der Waals surface area contributed by atoms with Crippen molar-refractivity contribution in [3.63, 3.8) is 0 Å². The molecule has 3 aliphatic rings. The molecule has 0 radical (unpaired) electrons. The molecule has 2 aromatic carbocycles. The summed E-state index contributed by atoms with van der Waals surface area (Å²) in [6.45, 7) is 6.00. The van der Waals surface area contributed by atoms with Gasteiger partial charge in [-0.15, -0.1) is 0 Å². The molecule has 1 saturated carbocycles. The van der Waals surface area contributed by atoms with Crippen LogP contribution in [-0.4, -0.2) is 79.2 Å². The first-order valence-electron chi connectivity index (χ1n) is 15.6. The highest BCUT2D eigenvalue weighted by molar-refractivity contribution is 7.89. The van der Waals surface area contributed by atoms with E-state index in [4.69, 9.17) is 18.6 Å². The van der Waals surface area contributed by atoms with Crippen LogP contribution in [0.1, 0.15) is 38.1 Å². The number of aliphatic hydroxyl groups excluding tert-OH is 1. The van der Waals surface area contributed by atoms with Gasteiger partial charge in [-0.3, -0.25) is 0 Å². The van der Waals surface area contributed by atoms with Crippen LogP contribution in [0.2, 0.25) is 0 Å². The van der Waals surface area contributed by atoms with Gasteiger partial charge in [0.05, 0.1) is 35.9 Å². The van der Waals surface area contributed by atoms with Crippen LogP contribution < -0.4 is 5.32 Å². The third kappa shape index (κ3) is 7.10. The van der Waals surface area contributed by atoms with Gasteiger partial charge in [0.2, 0.25) is 10.0 Å². The van der Waals surface area contributed by atoms with Gasteiger partial charge in [-0.1, -0.05) is 44.2 Å². The van der Waals surface area contributed by atoms with E-state index in [1.54, 1.807) is 25.3 Å². The highest BCUT2D eigenvalue weighted by atomic mass is 32.2. The first-order chi connectivity index (χ1) is 21.6. The topological polar surface area (TPSA) is 140 Å². The molecule has 0 spiro atoms. The number of ether oxygens (including phenoxy) is 3. The molecule has 12 heteroatoms. The van der Waals surface area contributed by atoms with Crippen LogP contribution in [0.15, 0.2) is 70.1 Å². The lowest BCUT2D eigenvalue weighted by molar-refractivity contribution is -0.153. The molecule has 242 valence electrons. The van der Waals surface area contributed by atoms with Crippen molar-refractivity contribution in [2.75, 3.05) is 19.7 Å². The molecule has 3 heterocycles. The van der Waals surface area contributed by atoms with Crippen molar-refractivity contribution in [2.24, 2.45) is 17.8 Å². The third-order valence-electron chi connectivity index (χ3n) is 8.81. The van der Waals surface area contributed by atoms with E-state index in [1.165, 1.54) is 16.4 Å². The van der Waals surface area contributed by atoms with E-state index in [-0.39, 0.29) is 48.6 Å². The first-order valence-corrected chi connectivity index (χ1v) is 17.0. The molecule has 1 amide bonds. The van der Waals surface area contributed by atoms with Crippen LogP contribution in [0, 0.1) is 24.7 Å². The van der Waals surface area contributed by atoms with Gasteiger partial charge in [0.25, 0.3) is 0 Å². The predicted octanol–water partition coefficient (Wildman–Crippen LogP) is 4.15. The van der Waals surface area contributed by atoms with Crippen molar-refractivity contribution < 1.29 is 36.9 Å². The van der Waals surface area contributed by atoms with Gasteiger partial charge in [-0.05, 0) is 55.0 Å². The predicted molar refractivity (Wildman–Crippen MR) is 164 cm³/mol. The van der Waals surface area contributed by atoms with Gasteiger partial charge < -0.3 is 29.1 Å². The monoisotopic (exact) mass is 639 g/mol. The Balaban J connectivity index is 1.19. The molecule has 3 aromatic rings. The molecule has 7 atom stereocenters. The number of alkyl carbamates (subject to hydrolysis) is 1. The van der Waals surface area contributed by atoms with E-state index in [0.29, 0.717) is 29.7 Å². The number of aliphatic hydroxyl groups is 1. The number of hydrogen-bond acceptors (Lipinski definition) is 9. The number of nitrogens with zero attached hydrogens (tertiary/aromatic N) is 2. The number of sulfonamides is 1. The number of carbonyl (C=O) groups excluding carboxylic acids is 1. The van der Waals surface area contributed by atoms with Crippen LogP contribution in [0.3, 0.4) is 0 Å². The molecule has 3 bridgehead atoms. The lowest BCUT2D eigenvalue weighted by atomic mass is 9.78. The largest absolute Gasteiger partial charge is 0.443 e. The number of fused-ring (bicyclic) bond motifs is 2. The quantitative estimate of drug-likeness (QED) is 0.299. The van der Waals surface area contributed by atoms with Gasteiger partial charge in [0.15, 0.2) is 17.9 Å². The van der Waals surface area contributed by atoms with Gasteiger partial charge >= 0.3 is 6.09 Å². The van der Waals surface area contributed by atoms with E-state index >= 15 is 0 Å². The minimum absolute atomic E-state index is 0.0205. The summed E-state index contributed by atoms with van der Waals surface area (Å²) >= 11 is 0. The highest BCUT2D eigenvalue weighted by Crippen LogP contribution is 2.46. The van der Waals surface area contributed by atoms with E-state index < -0.39 is 34.4 Å². The second kappa shape index (κ2) is 13.2. The average Bonchev–Trinajstić information content (AvgIpc) is 3.58. The summed E-state index contributed by atoms with van der Waals surface area (Å²) in [5.41, 5.74) is 1.58. The standard InChI is InChI=1S/C33H41N3O8S/c1-20(2)17-36(45(39,40)26-11-9-23(10-12-26)30-16-34-21(3)42-30)18-28(37)27(13-22-7-5-4-6-8-22)35-33(38)44-31-25-14-24-15-29(31)43-32(24)41-19-25/h4-12,16,20,24-25,27-29,31-32,37H,13-15,17-19H2,1-3H3,(H,35,38)/t24?,25?,27-,28+,29?,31-,32?/m0/s1. The molecule has 3 fully saturated rings. The van der Waals surface area contributed by atoms with Crippen LogP contribution >= 0.6 is 0 Å². The highest BCUT2D eigenvalue weighted by Gasteiger charge is 2.53. The lowest BCUT2D eigenvalue weighted by Crippen LogP contribution is -2.53. The summed E-state index contributed by atoms with van der Waals surface area (Å²) in [5, 5.41) is 14.4. The summed E-state index contributed by atoms with van der Waals surface area (Å²) in [6.07, 6.45) is 0.753. The maximum atomic E-state index is 13.9. The molecular formula is C33H41N3O8S. The summed E-state index contributed by atoms with van der Waals surface area (Å²) in [7, 11) is -4.00. The number of rotatable bonds is 12. The third-order valence-corrected chi connectivity index (χ3v) is 10.7. The number of aryl methyl sites for hydroxylation is 1. The van der Waals surface area contributed by atoms with Gasteiger partial charge in [-0.2, -0.15) is 4.31 Å². The van der Waals surface area contributed by atoms with E-state index in [1.807, 2.05) is 44.2 Å². The molecule has 1 aliphatic carbocycles. The SMILES string of the molecule is Cc1ncc(-c2ccc(S(=O)(=O)N(CC(C)C)C[C@@H](O)[C@H](Cc3ccccc3)NC(=O)O[C@H]3C4COC5OC3CC5C4)cc2)o1.